The van der Waals surface area contributed by atoms with Crippen molar-refractivity contribution in [2.45, 2.75) is 71.3 Å². The van der Waals surface area contributed by atoms with Crippen LogP contribution >= 0.6 is 14.7 Å². The molecule has 0 amide bonds. The van der Waals surface area contributed by atoms with Crippen LogP contribution in [0.25, 0.3) is 21.5 Å². The summed E-state index contributed by atoms with van der Waals surface area (Å²) in [5, 5.41) is -2.02. The van der Waals surface area contributed by atoms with E-state index in [1.807, 2.05) is 0 Å². The van der Waals surface area contributed by atoms with Crippen LogP contribution in [0, 0.1) is 17.8 Å². The number of fused-ring (bicyclic) bond motifs is 14. The van der Waals surface area contributed by atoms with E-state index >= 15 is 35.5 Å². The molecular formula is C71H51F15N8O7P2Si. The lowest BCUT2D eigenvalue weighted by atomic mass is 9.90. The first-order chi connectivity index (χ1) is 49.0. The summed E-state index contributed by atoms with van der Waals surface area (Å²) in [5.74, 6) is -4.85. The van der Waals surface area contributed by atoms with Crippen molar-refractivity contribution in [2.24, 2.45) is 40.8 Å². The maximum absolute atomic E-state index is 18.1. The minimum Gasteiger partial charge on any atom is -0.492 e. The average molecular weight is 1500 g/mol. The Hall–Kier alpha value is -9.77. The molecule has 1 atom stereocenters. The summed E-state index contributed by atoms with van der Waals surface area (Å²) in [6.45, 7) is -3.23. The molecule has 14 rings (SSSR count). The van der Waals surface area contributed by atoms with Gasteiger partial charge in [-0.05, 0) is 99.5 Å². The molecule has 4 aliphatic rings. The Labute approximate surface area is 580 Å². The smallest absolute Gasteiger partial charge is 0.492 e. The van der Waals surface area contributed by atoms with E-state index in [1.165, 1.54) is 127 Å². The van der Waals surface area contributed by atoms with Gasteiger partial charge in [0.25, 0.3) is 14.7 Å². The number of amidine groups is 4. The number of alkyl halides is 15. The number of benzene rings is 8. The molecule has 10 aromatic rings. The number of halogens is 15. The van der Waals surface area contributed by atoms with E-state index in [2.05, 4.69) is 0 Å². The first-order valence-corrected chi connectivity index (χ1v) is 36.4. The predicted molar refractivity (Wildman–Crippen MR) is 359 cm³/mol. The molecule has 8 aromatic carbocycles. The number of rotatable bonds is 17. The van der Waals surface area contributed by atoms with E-state index in [9.17, 15) is 39.5 Å². The highest BCUT2D eigenvalue weighted by Gasteiger charge is 2.70. The van der Waals surface area contributed by atoms with Crippen molar-refractivity contribution >= 4 is 101 Å². The van der Waals surface area contributed by atoms with Crippen LogP contribution < -0.4 is 41.7 Å². The molecule has 4 aliphatic heterocycles. The van der Waals surface area contributed by atoms with Crippen molar-refractivity contribution in [1.82, 2.24) is 8.47 Å². The first kappa shape index (κ1) is 71.2. The first-order valence-electron chi connectivity index (χ1n) is 31.4. The van der Waals surface area contributed by atoms with Crippen LogP contribution in [0.2, 0.25) is 0 Å². The zero-order chi connectivity index (χ0) is 74.1. The minimum atomic E-state index is -6.68. The van der Waals surface area contributed by atoms with Gasteiger partial charge in [-0.2, -0.15) is 65.9 Å². The third-order valence-corrected chi connectivity index (χ3v) is 28.2. The fourth-order valence-corrected chi connectivity index (χ4v) is 23.2. The molecule has 0 saturated carbocycles. The molecule has 536 valence electrons. The van der Waals surface area contributed by atoms with Gasteiger partial charge in [0, 0.05) is 54.1 Å². The monoisotopic (exact) mass is 1500 g/mol. The highest BCUT2D eigenvalue weighted by Crippen LogP contribution is 2.59. The Morgan fingerprint density at radius 1 is 0.423 bits per heavy atom. The molecular weight excluding hydrogens is 1450 g/mol. The molecule has 0 aliphatic carbocycles. The largest absolute Gasteiger partial charge is 0.614 e. The number of aliphatic imine (C=N–C) groups is 4. The Morgan fingerprint density at radius 3 is 1.35 bits per heavy atom. The summed E-state index contributed by atoms with van der Waals surface area (Å²) in [6.07, 6.45) is -31.7. The summed E-state index contributed by atoms with van der Waals surface area (Å²) in [4.78, 5) is 30.7. The van der Waals surface area contributed by atoms with Gasteiger partial charge in [0.1, 0.15) is 47.3 Å². The number of hydrogen-bond acceptors (Lipinski definition) is 13. The topological polar surface area (TPSA) is 164 Å². The Balaban J connectivity index is 1.27. The van der Waals surface area contributed by atoms with Crippen LogP contribution in [0.15, 0.2) is 224 Å². The van der Waals surface area contributed by atoms with Gasteiger partial charge in [0.2, 0.25) is 0 Å². The van der Waals surface area contributed by atoms with E-state index in [0.717, 1.165) is 39.7 Å². The second kappa shape index (κ2) is 25.2. The average Bonchev–Trinajstić information content (AvgIpc) is 1.36. The second-order valence-corrected chi connectivity index (χ2v) is 32.8. The lowest BCUT2D eigenvalue weighted by molar-refractivity contribution is -0.341. The van der Waals surface area contributed by atoms with Crippen molar-refractivity contribution in [3.8, 4) is 11.5 Å². The molecule has 0 spiro atoms. The van der Waals surface area contributed by atoms with Crippen molar-refractivity contribution in [2.75, 3.05) is 13.2 Å². The van der Waals surface area contributed by atoms with Crippen LogP contribution in [0.1, 0.15) is 54.2 Å². The second-order valence-electron chi connectivity index (χ2n) is 25.0. The van der Waals surface area contributed by atoms with Crippen molar-refractivity contribution < 1.29 is 97.6 Å². The summed E-state index contributed by atoms with van der Waals surface area (Å²) in [6, 6.07) is 44.9. The van der Waals surface area contributed by atoms with E-state index in [1.54, 1.807) is 49.4 Å². The maximum Gasteiger partial charge on any atom is 0.614 e. The highest BCUT2D eigenvalue weighted by molar-refractivity contribution is 7.77. The van der Waals surface area contributed by atoms with Gasteiger partial charge in [-0.3, -0.25) is 17.6 Å². The number of aromatic nitrogens is 2. The number of nitrogens with zero attached hydrogens (tertiary/aromatic N) is 8. The van der Waals surface area contributed by atoms with Gasteiger partial charge in [-0.25, -0.2) is 30.0 Å². The van der Waals surface area contributed by atoms with Crippen LogP contribution in [0.3, 0.4) is 0 Å². The van der Waals surface area contributed by atoms with E-state index < -0.39 is 148 Å². The quantitative estimate of drug-likeness (QED) is 0.0497. The summed E-state index contributed by atoms with van der Waals surface area (Å²) < 4.78 is 296. The maximum atomic E-state index is 18.1. The molecule has 0 saturated heterocycles. The lowest BCUT2D eigenvalue weighted by Crippen LogP contribution is -2.64. The standard InChI is InChI=1S/C71H51F15N8O7P2Si/c1-40-21-17-31-47-53(40)59-87-57(47)89-63-54-42(37-97-41(2)67(72,73)74)22-18-33-49(54)61-92-60-55-48(32-19-35-51(55)98-38-65(3,68(75,76)77)69(78,79)80)58(88-60)90-64-56-50(34-20-36-52(56)99-39-66(4,70(81,82)83)71(84,85)86)62(91-59)94(64)104(93(61)63,100-102(95,43-23-9-5-10-24-43)44-25-11-6-12-26-44)101-103(96,45-27-13-7-14-28-45)46-29-15-8-16-30-46/h5-36,41H,37-39H2,1-4H3. The zero-order valence-electron chi connectivity index (χ0n) is 54.2. The van der Waals surface area contributed by atoms with Crippen LogP contribution in [-0.4, -0.2) is 90.9 Å². The molecule has 33 heteroatoms. The molecule has 0 fully saturated rings. The molecule has 6 heterocycles. The molecule has 2 aromatic heterocycles. The summed E-state index contributed by atoms with van der Waals surface area (Å²) in [7, 11) is -17.3. The fraction of sp³-hybridized carbons (Fsp3) is 0.211. The molecule has 0 N–H and O–H groups in total. The van der Waals surface area contributed by atoms with Gasteiger partial charge in [-0.1, -0.05) is 133 Å². The Bertz CT molecular complexity index is 5280. The Morgan fingerprint density at radius 2 is 0.837 bits per heavy atom. The van der Waals surface area contributed by atoms with Crippen molar-refractivity contribution in [3.05, 3.63) is 238 Å². The van der Waals surface area contributed by atoms with Crippen LogP contribution in [0.4, 0.5) is 77.5 Å². The van der Waals surface area contributed by atoms with Gasteiger partial charge in [-0.15, -0.1) is 0 Å². The highest BCUT2D eigenvalue weighted by atomic mass is 31.2. The minimum absolute atomic E-state index is 0.141. The van der Waals surface area contributed by atoms with Gasteiger partial charge >= 0.3 is 39.8 Å². The number of hydrogen-bond donors (Lipinski definition) is 0. The van der Waals surface area contributed by atoms with E-state index in [0.29, 0.717) is 5.56 Å². The molecule has 15 nitrogen and oxygen atoms in total. The van der Waals surface area contributed by atoms with E-state index in [-0.39, 0.29) is 85.1 Å². The SMILES string of the molecule is Cc1cccc2c1C1=Nc3c4cccc(OCC(C)(C(F)(F)F)C(F)(F)F)c4c4n3[Si](OP(=O)(c3ccccc3)c3ccccc3)(OP(=O)(c3ccccc3)c3ccccc3)n3c(c5cccc(COC(C)C(F)(F)F)c5c3=NC2=N1)=NC1=NC(=N4)c2cccc(OCC(C)(C(F)(F)F)C(F)(F)F)c21. The van der Waals surface area contributed by atoms with E-state index in [4.69, 9.17) is 52.6 Å². The molecule has 6 bridgehead atoms. The summed E-state index contributed by atoms with van der Waals surface area (Å²) >= 11 is 0. The lowest BCUT2D eigenvalue weighted by Gasteiger charge is -2.38. The number of ether oxygens (including phenoxy) is 3. The van der Waals surface area contributed by atoms with Gasteiger partial charge < -0.3 is 22.6 Å². The van der Waals surface area contributed by atoms with Crippen LogP contribution in [0.5, 0.6) is 11.5 Å². The van der Waals surface area contributed by atoms with Crippen LogP contribution in [-0.2, 0) is 28.9 Å². The molecule has 0 radical (unpaired) electrons. The van der Waals surface area contributed by atoms with Gasteiger partial charge in [0.05, 0.1) is 17.6 Å². The van der Waals surface area contributed by atoms with Crippen molar-refractivity contribution in [3.63, 3.8) is 0 Å². The molecule has 104 heavy (non-hydrogen) atoms. The zero-order valence-corrected chi connectivity index (χ0v) is 57.0. The Kier molecular flexibility index (Phi) is 17.3. The normalized spacial score (nSPS) is 15.6. The fourth-order valence-electron chi connectivity index (χ4n) is 12.3. The number of aryl methyl sites for hydroxylation is 1. The van der Waals surface area contributed by atoms with Gasteiger partial charge in [0.15, 0.2) is 40.3 Å². The third-order valence-electron chi connectivity index (χ3n) is 18.4. The third kappa shape index (κ3) is 11.6. The molecule has 1 unspecified atom stereocenters. The predicted octanol–water partition coefficient (Wildman–Crippen LogP) is 16.1. The van der Waals surface area contributed by atoms with Crippen molar-refractivity contribution in [1.29, 1.82) is 0 Å². The summed E-state index contributed by atoms with van der Waals surface area (Å²) in [5.41, 5.74) is -10.6.